The molecule has 0 N–H and O–H groups in total. The van der Waals surface area contributed by atoms with Gasteiger partial charge in [0, 0.05) is 24.5 Å². The SMILES string of the molecule is CCCCCC(=O)N(CC)C(C)c1nc2cc(Cl)ccc2c(=O)n1CC. The van der Waals surface area contributed by atoms with Crippen LogP contribution in [0.5, 0.6) is 0 Å². The van der Waals surface area contributed by atoms with Crippen molar-refractivity contribution in [3.05, 3.63) is 39.4 Å². The summed E-state index contributed by atoms with van der Waals surface area (Å²) in [5, 5.41) is 1.09. The van der Waals surface area contributed by atoms with Crippen molar-refractivity contribution in [3.63, 3.8) is 0 Å². The average Bonchev–Trinajstić information content (AvgIpc) is 2.62. The number of aromatic nitrogens is 2. The van der Waals surface area contributed by atoms with Gasteiger partial charge in [-0.2, -0.15) is 0 Å². The molecule has 1 aromatic heterocycles. The molecular formula is C20H28ClN3O2. The van der Waals surface area contributed by atoms with Crippen molar-refractivity contribution >= 4 is 28.4 Å². The summed E-state index contributed by atoms with van der Waals surface area (Å²) in [5.74, 6) is 0.717. The quantitative estimate of drug-likeness (QED) is 0.633. The molecule has 1 heterocycles. The van der Waals surface area contributed by atoms with Gasteiger partial charge in [-0.05, 0) is 45.4 Å². The highest BCUT2D eigenvalue weighted by Gasteiger charge is 2.24. The van der Waals surface area contributed by atoms with Crippen LogP contribution >= 0.6 is 11.6 Å². The topological polar surface area (TPSA) is 55.2 Å². The standard InChI is InChI=1S/C20H28ClN3O2/c1-5-8-9-10-18(25)23(6-2)14(4)19-22-17-13-15(21)11-12-16(17)20(26)24(19)7-3/h11-14H,5-10H2,1-4H3. The van der Waals surface area contributed by atoms with Gasteiger partial charge >= 0.3 is 0 Å². The van der Waals surface area contributed by atoms with E-state index in [1.54, 1.807) is 27.7 Å². The zero-order valence-corrected chi connectivity index (χ0v) is 16.8. The Morgan fingerprint density at radius 1 is 1.27 bits per heavy atom. The summed E-state index contributed by atoms with van der Waals surface area (Å²) >= 11 is 6.07. The van der Waals surface area contributed by atoms with Crippen molar-refractivity contribution in [1.82, 2.24) is 14.5 Å². The van der Waals surface area contributed by atoms with Crippen molar-refractivity contribution in [2.45, 2.75) is 66.0 Å². The van der Waals surface area contributed by atoms with E-state index in [-0.39, 0.29) is 17.5 Å². The number of carbonyl (C=O) groups is 1. The number of nitrogens with zero attached hydrogens (tertiary/aromatic N) is 3. The van der Waals surface area contributed by atoms with E-state index >= 15 is 0 Å². The van der Waals surface area contributed by atoms with Gasteiger partial charge in [-0.1, -0.05) is 31.4 Å². The van der Waals surface area contributed by atoms with E-state index in [9.17, 15) is 9.59 Å². The molecule has 1 unspecified atom stereocenters. The molecule has 0 aliphatic rings. The first-order valence-electron chi connectivity index (χ1n) is 9.43. The summed E-state index contributed by atoms with van der Waals surface area (Å²) in [4.78, 5) is 32.0. The maximum atomic E-state index is 12.9. The Labute approximate surface area is 160 Å². The van der Waals surface area contributed by atoms with Crippen LogP contribution in [0.2, 0.25) is 5.02 Å². The minimum absolute atomic E-state index is 0.0921. The molecule has 0 saturated heterocycles. The summed E-state index contributed by atoms with van der Waals surface area (Å²) < 4.78 is 1.66. The van der Waals surface area contributed by atoms with E-state index < -0.39 is 0 Å². The maximum Gasteiger partial charge on any atom is 0.261 e. The van der Waals surface area contributed by atoms with Gasteiger partial charge < -0.3 is 4.90 Å². The Bertz CT molecular complexity index is 832. The van der Waals surface area contributed by atoms with Crippen molar-refractivity contribution in [1.29, 1.82) is 0 Å². The molecule has 0 spiro atoms. The fourth-order valence-electron chi connectivity index (χ4n) is 3.31. The van der Waals surface area contributed by atoms with E-state index in [1.807, 2.05) is 20.8 Å². The molecule has 0 aliphatic heterocycles. The van der Waals surface area contributed by atoms with E-state index in [4.69, 9.17) is 16.6 Å². The van der Waals surface area contributed by atoms with Crippen LogP contribution in [0.4, 0.5) is 0 Å². The highest BCUT2D eigenvalue weighted by atomic mass is 35.5. The van der Waals surface area contributed by atoms with Crippen molar-refractivity contribution < 1.29 is 4.79 Å². The number of hydrogen-bond acceptors (Lipinski definition) is 3. The molecule has 1 amide bonds. The van der Waals surface area contributed by atoms with Gasteiger partial charge in [-0.15, -0.1) is 0 Å². The molecule has 2 aromatic rings. The Morgan fingerprint density at radius 3 is 2.62 bits per heavy atom. The molecule has 26 heavy (non-hydrogen) atoms. The van der Waals surface area contributed by atoms with Crippen LogP contribution in [0.3, 0.4) is 0 Å². The van der Waals surface area contributed by atoms with Crippen LogP contribution in [0.1, 0.15) is 65.2 Å². The number of halogens is 1. The summed E-state index contributed by atoms with van der Waals surface area (Å²) in [6.45, 7) is 9.02. The molecule has 142 valence electrons. The molecule has 5 nitrogen and oxygen atoms in total. The lowest BCUT2D eigenvalue weighted by molar-refractivity contribution is -0.133. The average molecular weight is 378 g/mol. The molecule has 1 atom stereocenters. The van der Waals surface area contributed by atoms with Gasteiger partial charge in [-0.3, -0.25) is 14.2 Å². The minimum atomic E-state index is -0.273. The predicted octanol–water partition coefficient (Wildman–Crippen LogP) is 4.56. The normalized spacial score (nSPS) is 12.3. The molecule has 0 radical (unpaired) electrons. The first-order chi connectivity index (χ1) is 12.4. The van der Waals surface area contributed by atoms with Gasteiger partial charge in [0.05, 0.1) is 16.9 Å². The van der Waals surface area contributed by atoms with Gasteiger partial charge in [0.2, 0.25) is 5.91 Å². The lowest BCUT2D eigenvalue weighted by Crippen LogP contribution is -2.37. The Kier molecular flexibility index (Phi) is 7.21. The number of carbonyl (C=O) groups excluding carboxylic acids is 1. The van der Waals surface area contributed by atoms with E-state index in [1.165, 1.54) is 0 Å². The third-order valence-corrected chi connectivity index (χ3v) is 4.99. The van der Waals surface area contributed by atoms with Crippen molar-refractivity contribution in [2.75, 3.05) is 6.54 Å². The van der Waals surface area contributed by atoms with E-state index in [0.717, 1.165) is 19.3 Å². The first kappa shape index (κ1) is 20.4. The van der Waals surface area contributed by atoms with Gasteiger partial charge in [0.15, 0.2) is 0 Å². The maximum absolute atomic E-state index is 12.9. The highest BCUT2D eigenvalue weighted by molar-refractivity contribution is 6.31. The number of fused-ring (bicyclic) bond motifs is 1. The number of amides is 1. The fraction of sp³-hybridized carbons (Fsp3) is 0.550. The van der Waals surface area contributed by atoms with Crippen LogP contribution in [0.15, 0.2) is 23.0 Å². The molecule has 1 aromatic carbocycles. The second kappa shape index (κ2) is 9.17. The van der Waals surface area contributed by atoms with Gasteiger partial charge in [0.25, 0.3) is 5.56 Å². The van der Waals surface area contributed by atoms with Crippen LogP contribution in [0, 0.1) is 0 Å². The fourth-order valence-corrected chi connectivity index (χ4v) is 3.48. The molecule has 0 saturated carbocycles. The molecule has 0 bridgehead atoms. The Morgan fingerprint density at radius 2 is 2.00 bits per heavy atom. The Balaban J connectivity index is 2.45. The largest absolute Gasteiger partial charge is 0.333 e. The van der Waals surface area contributed by atoms with E-state index in [2.05, 4.69) is 6.92 Å². The minimum Gasteiger partial charge on any atom is -0.333 e. The monoisotopic (exact) mass is 377 g/mol. The molecule has 2 rings (SSSR count). The zero-order valence-electron chi connectivity index (χ0n) is 16.1. The molecular weight excluding hydrogens is 350 g/mol. The van der Waals surface area contributed by atoms with E-state index in [0.29, 0.717) is 41.3 Å². The summed E-state index contributed by atoms with van der Waals surface area (Å²) in [6, 6.07) is 4.84. The van der Waals surface area contributed by atoms with Crippen molar-refractivity contribution in [3.8, 4) is 0 Å². The molecule has 6 heteroatoms. The van der Waals surface area contributed by atoms with Crippen LogP contribution < -0.4 is 5.56 Å². The predicted molar refractivity (Wildman–Crippen MR) is 107 cm³/mol. The Hall–Kier alpha value is -1.88. The zero-order chi connectivity index (χ0) is 19.3. The first-order valence-corrected chi connectivity index (χ1v) is 9.81. The number of rotatable bonds is 8. The number of unbranched alkanes of at least 4 members (excludes halogenated alkanes) is 2. The lowest BCUT2D eigenvalue weighted by atomic mass is 10.1. The second-order valence-electron chi connectivity index (χ2n) is 6.49. The van der Waals surface area contributed by atoms with Crippen LogP contribution in [-0.2, 0) is 11.3 Å². The lowest BCUT2D eigenvalue weighted by Gasteiger charge is -2.29. The summed E-state index contributed by atoms with van der Waals surface area (Å²) in [5.41, 5.74) is 0.481. The number of hydrogen-bond donors (Lipinski definition) is 0. The number of benzene rings is 1. The van der Waals surface area contributed by atoms with Gasteiger partial charge in [-0.25, -0.2) is 4.98 Å². The molecule has 0 fully saturated rings. The highest BCUT2D eigenvalue weighted by Crippen LogP contribution is 2.22. The van der Waals surface area contributed by atoms with Gasteiger partial charge in [0.1, 0.15) is 5.82 Å². The third-order valence-electron chi connectivity index (χ3n) is 4.76. The summed E-state index contributed by atoms with van der Waals surface area (Å²) in [6.07, 6.45) is 3.54. The summed E-state index contributed by atoms with van der Waals surface area (Å²) in [7, 11) is 0. The second-order valence-corrected chi connectivity index (χ2v) is 6.93. The molecule has 0 aliphatic carbocycles. The van der Waals surface area contributed by atoms with Crippen LogP contribution in [0.25, 0.3) is 10.9 Å². The van der Waals surface area contributed by atoms with Crippen LogP contribution in [-0.4, -0.2) is 26.9 Å². The van der Waals surface area contributed by atoms with Crippen molar-refractivity contribution in [2.24, 2.45) is 0 Å². The smallest absolute Gasteiger partial charge is 0.261 e. The third kappa shape index (κ3) is 4.26.